The van der Waals surface area contributed by atoms with Crippen molar-refractivity contribution >= 4 is 5.97 Å². The molecule has 1 aromatic carbocycles. The fraction of sp³-hybridized carbons (Fsp3) is 0.357. The Bertz CT molecular complexity index is 768. The van der Waals surface area contributed by atoms with Gasteiger partial charge in [-0.3, -0.25) is 0 Å². The molecule has 0 saturated carbocycles. The van der Waals surface area contributed by atoms with Gasteiger partial charge in [0.2, 0.25) is 0 Å². The van der Waals surface area contributed by atoms with Gasteiger partial charge in [0.1, 0.15) is 0 Å². The molecule has 0 aromatic heterocycles. The monoisotopic (exact) mass is 432 g/mol. The molecule has 0 atom stereocenters. The Morgan fingerprint density at radius 1 is 0.893 bits per heavy atom. The van der Waals surface area contributed by atoms with E-state index >= 15 is 0 Å². The number of halogens is 11. The third-order valence-corrected chi connectivity index (χ3v) is 3.24. The zero-order valence-electron chi connectivity index (χ0n) is 12.9. The van der Waals surface area contributed by atoms with E-state index in [1.54, 1.807) is 0 Å². The number of rotatable bonds is 6. The van der Waals surface area contributed by atoms with Gasteiger partial charge < -0.3 is 9.84 Å². The molecule has 158 valence electrons. The molecule has 1 N–H and O–H groups in total. The van der Waals surface area contributed by atoms with Gasteiger partial charge in [0.15, 0.2) is 11.5 Å². The Balaban J connectivity index is 3.46. The molecule has 0 heterocycles. The number of ether oxygens (including phenoxy) is 1. The third-order valence-electron chi connectivity index (χ3n) is 3.24. The van der Waals surface area contributed by atoms with Crippen LogP contribution in [0.5, 0.6) is 11.5 Å². The van der Waals surface area contributed by atoms with Gasteiger partial charge in [-0.25, -0.2) is 4.79 Å². The first-order valence-electron chi connectivity index (χ1n) is 6.60. The fourth-order valence-electron chi connectivity index (χ4n) is 1.70. The van der Waals surface area contributed by atoms with E-state index in [4.69, 9.17) is 0 Å². The van der Waals surface area contributed by atoms with Gasteiger partial charge in [0.05, 0.1) is 0 Å². The highest BCUT2D eigenvalue weighted by Crippen LogP contribution is 2.60. The molecule has 0 radical (unpaired) electrons. The van der Waals surface area contributed by atoms with E-state index in [0.717, 1.165) is 0 Å². The summed E-state index contributed by atoms with van der Waals surface area (Å²) >= 11 is 0. The summed E-state index contributed by atoms with van der Waals surface area (Å²) in [6, 6.07) is -0.335. The lowest BCUT2D eigenvalue weighted by atomic mass is 9.93. The van der Waals surface area contributed by atoms with Gasteiger partial charge >= 0.3 is 35.8 Å². The second kappa shape index (κ2) is 6.81. The first kappa shape index (κ1) is 23.5. The van der Waals surface area contributed by atoms with Crippen LogP contribution >= 0.6 is 0 Å². The molecule has 0 bridgehead atoms. The van der Waals surface area contributed by atoms with Crippen molar-refractivity contribution in [3.8, 4) is 11.5 Å². The average molecular weight is 432 g/mol. The van der Waals surface area contributed by atoms with E-state index in [2.05, 4.69) is 11.3 Å². The first-order valence-corrected chi connectivity index (χ1v) is 6.60. The molecule has 1 aromatic rings. The summed E-state index contributed by atoms with van der Waals surface area (Å²) in [6.45, 7) is 2.92. The van der Waals surface area contributed by atoms with E-state index in [1.807, 2.05) is 0 Å². The molecule has 3 nitrogen and oxygen atoms in total. The lowest BCUT2D eigenvalue weighted by molar-refractivity contribution is -0.424. The molecule has 0 fully saturated rings. The van der Waals surface area contributed by atoms with Crippen LogP contribution in [-0.4, -0.2) is 35.0 Å². The molecule has 0 amide bonds. The number of carbonyl (C=O) groups is 1. The van der Waals surface area contributed by atoms with Crippen molar-refractivity contribution in [1.29, 1.82) is 0 Å². The van der Waals surface area contributed by atoms with Gasteiger partial charge in [0, 0.05) is 11.6 Å². The number of hydrogen-bond acceptors (Lipinski definition) is 3. The highest BCUT2D eigenvalue weighted by atomic mass is 19.4. The van der Waals surface area contributed by atoms with Gasteiger partial charge in [-0.2, -0.15) is 48.3 Å². The number of benzene rings is 1. The predicted octanol–water partition coefficient (Wildman–Crippen LogP) is 5.04. The average Bonchev–Trinajstić information content (AvgIpc) is 2.54. The van der Waals surface area contributed by atoms with Crippen molar-refractivity contribution in [2.45, 2.75) is 29.9 Å². The number of hydrogen-bond donors (Lipinski definition) is 1. The van der Waals surface area contributed by atoms with Crippen LogP contribution in [0.15, 0.2) is 30.9 Å². The number of phenols is 1. The van der Waals surface area contributed by atoms with Gasteiger partial charge in [-0.05, 0) is 18.2 Å². The quantitative estimate of drug-likeness (QED) is 0.297. The standard InChI is InChI=1S/C14H7F11O3/c1-2-9(27)28-8-4-3-6(5-7(8)26)10(15,16)11(17,18)12(19,20)13(21,22)14(23,24)25/h2-5,26H,1H2. The molecule has 0 spiro atoms. The first-order chi connectivity index (χ1) is 12.3. The van der Waals surface area contributed by atoms with E-state index in [-0.39, 0.29) is 18.2 Å². The normalized spacial score (nSPS) is 14.0. The number of carbonyl (C=O) groups excluding carboxylic acids is 1. The van der Waals surface area contributed by atoms with Crippen LogP contribution in [0.1, 0.15) is 5.56 Å². The van der Waals surface area contributed by atoms with Crippen molar-refractivity contribution < 1.29 is 62.9 Å². The van der Waals surface area contributed by atoms with Crippen LogP contribution in [0, 0.1) is 0 Å². The number of alkyl halides is 11. The summed E-state index contributed by atoms with van der Waals surface area (Å²) in [5, 5.41) is 9.35. The Hall–Kier alpha value is -2.54. The lowest BCUT2D eigenvalue weighted by Gasteiger charge is -2.37. The molecular formula is C14H7F11O3. The molecule has 0 saturated heterocycles. The molecule has 0 aliphatic carbocycles. The van der Waals surface area contributed by atoms with Crippen molar-refractivity contribution in [1.82, 2.24) is 0 Å². The van der Waals surface area contributed by atoms with Crippen LogP contribution in [0.4, 0.5) is 48.3 Å². The molecule has 0 aliphatic heterocycles. The van der Waals surface area contributed by atoms with E-state index < -0.39 is 52.9 Å². The van der Waals surface area contributed by atoms with Crippen LogP contribution in [0.2, 0.25) is 0 Å². The number of aromatic hydroxyl groups is 1. The van der Waals surface area contributed by atoms with Crippen molar-refractivity contribution in [2.24, 2.45) is 0 Å². The Labute approximate surface area is 148 Å². The van der Waals surface area contributed by atoms with Crippen LogP contribution in [0.25, 0.3) is 0 Å². The van der Waals surface area contributed by atoms with Crippen molar-refractivity contribution in [3.05, 3.63) is 36.4 Å². The molecular weight excluding hydrogens is 425 g/mol. The molecule has 1 rings (SSSR count). The molecule has 0 unspecified atom stereocenters. The third kappa shape index (κ3) is 3.46. The van der Waals surface area contributed by atoms with E-state index in [1.165, 1.54) is 0 Å². The SMILES string of the molecule is C=CC(=O)Oc1ccc(C(F)(F)C(F)(F)C(F)(F)C(F)(F)C(F)(F)F)cc1O. The number of esters is 1. The second-order valence-electron chi connectivity index (χ2n) is 5.10. The lowest BCUT2D eigenvalue weighted by Crippen LogP contribution is -2.65. The summed E-state index contributed by atoms with van der Waals surface area (Å²) in [5.41, 5.74) is -2.26. The van der Waals surface area contributed by atoms with Crippen molar-refractivity contribution in [3.63, 3.8) is 0 Å². The largest absolute Gasteiger partial charge is 0.504 e. The highest BCUT2D eigenvalue weighted by Gasteiger charge is 2.87. The van der Waals surface area contributed by atoms with Crippen LogP contribution in [-0.2, 0) is 10.7 Å². The summed E-state index contributed by atoms with van der Waals surface area (Å²) in [7, 11) is 0. The Morgan fingerprint density at radius 2 is 1.39 bits per heavy atom. The van der Waals surface area contributed by atoms with Gasteiger partial charge in [0.25, 0.3) is 0 Å². The maximum Gasteiger partial charge on any atom is 0.460 e. The summed E-state index contributed by atoms with van der Waals surface area (Å²) in [4.78, 5) is 10.9. The molecule has 28 heavy (non-hydrogen) atoms. The summed E-state index contributed by atoms with van der Waals surface area (Å²) < 4.78 is 147. The zero-order chi connectivity index (χ0) is 22.3. The highest BCUT2D eigenvalue weighted by molar-refractivity contribution is 5.83. The topological polar surface area (TPSA) is 46.5 Å². The van der Waals surface area contributed by atoms with Gasteiger partial charge in [-0.1, -0.05) is 6.58 Å². The molecule has 0 aliphatic rings. The maximum atomic E-state index is 13.8. The van der Waals surface area contributed by atoms with Crippen LogP contribution in [0.3, 0.4) is 0 Å². The summed E-state index contributed by atoms with van der Waals surface area (Å²) in [5.74, 6) is -32.4. The Morgan fingerprint density at radius 3 is 1.79 bits per heavy atom. The minimum atomic E-state index is -7.58. The van der Waals surface area contributed by atoms with Gasteiger partial charge in [-0.15, -0.1) is 0 Å². The van der Waals surface area contributed by atoms with E-state index in [9.17, 15) is 58.2 Å². The predicted molar refractivity (Wildman–Crippen MR) is 68.7 cm³/mol. The fourth-order valence-corrected chi connectivity index (χ4v) is 1.70. The van der Waals surface area contributed by atoms with Crippen molar-refractivity contribution in [2.75, 3.05) is 0 Å². The smallest absolute Gasteiger partial charge is 0.460 e. The molecule has 14 heteroatoms. The second-order valence-corrected chi connectivity index (χ2v) is 5.10. The zero-order valence-corrected chi connectivity index (χ0v) is 12.9. The van der Waals surface area contributed by atoms with Crippen LogP contribution < -0.4 is 4.74 Å². The Kier molecular flexibility index (Phi) is 5.72. The minimum absolute atomic E-state index is 0.152. The summed E-state index contributed by atoms with van der Waals surface area (Å²) in [6.07, 6.45) is -6.75. The minimum Gasteiger partial charge on any atom is -0.504 e. The van der Waals surface area contributed by atoms with E-state index in [0.29, 0.717) is 6.08 Å². The maximum absolute atomic E-state index is 13.8. The number of phenolic OH excluding ortho intramolecular Hbond substituents is 1.